The summed E-state index contributed by atoms with van der Waals surface area (Å²) < 4.78 is 52.3. The fourth-order valence-electron chi connectivity index (χ4n) is 4.00. The van der Waals surface area contributed by atoms with Crippen LogP contribution in [0.25, 0.3) is 11.5 Å². The van der Waals surface area contributed by atoms with Gasteiger partial charge in [-0.25, -0.2) is 12.8 Å². The van der Waals surface area contributed by atoms with Crippen molar-refractivity contribution in [1.29, 1.82) is 0 Å². The Hall–Kier alpha value is -4.65. The van der Waals surface area contributed by atoms with E-state index in [1.54, 1.807) is 42.7 Å². The lowest BCUT2D eigenvalue weighted by Crippen LogP contribution is -2.23. The zero-order valence-corrected chi connectivity index (χ0v) is 23.2. The number of rotatable bonds is 13. The van der Waals surface area contributed by atoms with Crippen molar-refractivity contribution in [3.05, 3.63) is 120 Å². The summed E-state index contributed by atoms with van der Waals surface area (Å²) in [4.78, 5) is 8.35. The Morgan fingerprint density at radius 3 is 2.45 bits per heavy atom. The van der Waals surface area contributed by atoms with E-state index in [1.807, 2.05) is 18.2 Å². The highest BCUT2D eigenvalue weighted by Crippen LogP contribution is 2.22. The van der Waals surface area contributed by atoms with Crippen LogP contribution >= 0.6 is 0 Å². The lowest BCUT2D eigenvalue weighted by Gasteiger charge is -2.12. The molecule has 2 heterocycles. The van der Waals surface area contributed by atoms with Gasteiger partial charge in [-0.1, -0.05) is 23.4 Å². The number of hydrogen-bond donors (Lipinski definition) is 3. The number of benzene rings is 3. The maximum absolute atomic E-state index is 13.0. The van der Waals surface area contributed by atoms with Crippen LogP contribution in [0.2, 0.25) is 0 Å². The van der Waals surface area contributed by atoms with Gasteiger partial charge in [0.1, 0.15) is 11.6 Å². The summed E-state index contributed by atoms with van der Waals surface area (Å²) in [5.74, 6) is 0.596. The van der Waals surface area contributed by atoms with E-state index < -0.39 is 16.1 Å². The molecule has 0 fully saturated rings. The Labute approximate surface area is 242 Å². The number of nitrogens with zero attached hydrogens (tertiary/aromatic N) is 3. The van der Waals surface area contributed by atoms with Gasteiger partial charge in [0, 0.05) is 35.8 Å². The average molecular weight is 590 g/mol. The van der Waals surface area contributed by atoms with Gasteiger partial charge in [-0.3, -0.25) is 9.71 Å². The molecule has 5 aromatic rings. The first-order valence-electron chi connectivity index (χ1n) is 13.1. The number of aliphatic hydroxyl groups excluding tert-OH is 1. The van der Waals surface area contributed by atoms with Crippen LogP contribution in [0.5, 0.6) is 5.75 Å². The standard InChI is InChI=1S/C30H28FN5O5S/c31-24-7-11-26(12-8-24)40-20-29-34-30(41-35-29)22-5-13-27(14-6-22)42(38,39)36-25-9-3-21(4-10-25)15-17-33-19-28(37)23-2-1-16-32-18-23/h1-14,16,18,28,33,36-37H,15,17,19-20H2. The third kappa shape index (κ3) is 7.75. The molecule has 0 bridgehead atoms. The molecule has 10 nitrogen and oxygen atoms in total. The van der Waals surface area contributed by atoms with Gasteiger partial charge in [-0.15, -0.1) is 0 Å². The third-order valence-corrected chi connectivity index (χ3v) is 7.66. The summed E-state index contributed by atoms with van der Waals surface area (Å²) in [6, 6.07) is 22.4. The smallest absolute Gasteiger partial charge is 0.261 e. The fourth-order valence-corrected chi connectivity index (χ4v) is 5.06. The third-order valence-electron chi connectivity index (χ3n) is 6.26. The van der Waals surface area contributed by atoms with Gasteiger partial charge >= 0.3 is 0 Å². The number of sulfonamides is 1. The van der Waals surface area contributed by atoms with E-state index in [-0.39, 0.29) is 29.0 Å². The largest absolute Gasteiger partial charge is 0.485 e. The second kappa shape index (κ2) is 13.3. The molecule has 0 aliphatic carbocycles. The second-order valence-corrected chi connectivity index (χ2v) is 11.0. The molecule has 0 aliphatic heterocycles. The normalized spacial score (nSPS) is 12.1. The Kier molecular flexibility index (Phi) is 9.17. The first kappa shape index (κ1) is 28.9. The number of hydrogen-bond acceptors (Lipinski definition) is 9. The number of pyridine rings is 1. The summed E-state index contributed by atoms with van der Waals surface area (Å²) in [5.41, 5.74) is 2.75. The van der Waals surface area contributed by atoms with Crippen molar-refractivity contribution in [1.82, 2.24) is 20.4 Å². The zero-order chi connectivity index (χ0) is 29.4. The van der Waals surface area contributed by atoms with Gasteiger partial charge < -0.3 is 19.7 Å². The van der Waals surface area contributed by atoms with E-state index >= 15 is 0 Å². The predicted octanol–water partition coefficient (Wildman–Crippen LogP) is 4.52. The van der Waals surface area contributed by atoms with Gasteiger partial charge in [0.05, 0.1) is 11.0 Å². The minimum Gasteiger partial charge on any atom is -0.485 e. The molecule has 3 aromatic carbocycles. The highest BCUT2D eigenvalue weighted by molar-refractivity contribution is 7.92. The number of aromatic nitrogens is 3. The molecule has 3 N–H and O–H groups in total. The lowest BCUT2D eigenvalue weighted by molar-refractivity contribution is 0.174. The molecule has 0 saturated heterocycles. The number of aliphatic hydroxyl groups is 1. The Bertz CT molecular complexity index is 1680. The lowest BCUT2D eigenvalue weighted by atomic mass is 10.1. The molecular formula is C30H28FN5O5S. The molecule has 12 heteroatoms. The quantitative estimate of drug-likeness (QED) is 0.169. The predicted molar refractivity (Wildman–Crippen MR) is 153 cm³/mol. The minimum atomic E-state index is -3.83. The number of anilines is 1. The molecule has 5 rings (SSSR count). The van der Waals surface area contributed by atoms with Crippen molar-refractivity contribution in [3.8, 4) is 17.2 Å². The number of halogens is 1. The number of ether oxygens (including phenoxy) is 1. The van der Waals surface area contributed by atoms with Gasteiger partial charge in [-0.05, 0) is 85.3 Å². The molecule has 1 unspecified atom stereocenters. The molecule has 0 aliphatic rings. The Morgan fingerprint density at radius 2 is 1.74 bits per heavy atom. The van der Waals surface area contributed by atoms with E-state index in [1.165, 1.54) is 36.4 Å². The van der Waals surface area contributed by atoms with Crippen LogP contribution in [0.15, 0.2) is 107 Å². The van der Waals surface area contributed by atoms with Crippen molar-refractivity contribution in [3.63, 3.8) is 0 Å². The molecule has 0 amide bonds. The van der Waals surface area contributed by atoms with Crippen molar-refractivity contribution in [2.24, 2.45) is 0 Å². The van der Waals surface area contributed by atoms with Crippen molar-refractivity contribution in [2.75, 3.05) is 17.8 Å². The molecule has 1 atom stereocenters. The molecule has 0 radical (unpaired) electrons. The van der Waals surface area contributed by atoms with Gasteiger partial charge in [-0.2, -0.15) is 4.98 Å². The van der Waals surface area contributed by atoms with Crippen LogP contribution in [-0.4, -0.2) is 41.7 Å². The minimum absolute atomic E-state index is 0.0239. The van der Waals surface area contributed by atoms with Gasteiger partial charge in [0.2, 0.25) is 5.82 Å². The fraction of sp³-hybridized carbons (Fsp3) is 0.167. The van der Waals surface area contributed by atoms with Crippen LogP contribution in [-0.2, 0) is 23.1 Å². The first-order chi connectivity index (χ1) is 20.4. The van der Waals surface area contributed by atoms with Gasteiger partial charge in [0.15, 0.2) is 6.61 Å². The van der Waals surface area contributed by atoms with Crippen LogP contribution < -0.4 is 14.8 Å². The van der Waals surface area contributed by atoms with Crippen LogP contribution in [0.1, 0.15) is 23.1 Å². The highest BCUT2D eigenvalue weighted by atomic mass is 32.2. The van der Waals surface area contributed by atoms with Crippen LogP contribution in [0.4, 0.5) is 10.1 Å². The molecule has 0 saturated carbocycles. The van der Waals surface area contributed by atoms with E-state index in [0.717, 1.165) is 11.1 Å². The van der Waals surface area contributed by atoms with E-state index in [2.05, 4.69) is 25.2 Å². The van der Waals surface area contributed by atoms with Crippen LogP contribution in [0.3, 0.4) is 0 Å². The summed E-state index contributed by atoms with van der Waals surface area (Å²) in [5, 5.41) is 17.3. The first-order valence-corrected chi connectivity index (χ1v) is 14.6. The maximum atomic E-state index is 13.0. The van der Waals surface area contributed by atoms with Gasteiger partial charge in [0.25, 0.3) is 15.9 Å². The maximum Gasteiger partial charge on any atom is 0.261 e. The van der Waals surface area contributed by atoms with E-state index in [0.29, 0.717) is 36.5 Å². The van der Waals surface area contributed by atoms with E-state index in [4.69, 9.17) is 9.26 Å². The Morgan fingerprint density at radius 1 is 0.976 bits per heavy atom. The molecule has 2 aromatic heterocycles. The topological polar surface area (TPSA) is 139 Å². The molecule has 216 valence electrons. The second-order valence-electron chi connectivity index (χ2n) is 9.34. The van der Waals surface area contributed by atoms with E-state index in [9.17, 15) is 17.9 Å². The number of nitrogens with one attached hydrogen (secondary N) is 2. The SMILES string of the molecule is O=S(=O)(Nc1ccc(CCNCC(O)c2cccnc2)cc1)c1ccc(-c2nc(COc3ccc(F)cc3)no2)cc1. The van der Waals surface area contributed by atoms with Crippen molar-refractivity contribution in [2.45, 2.75) is 24.0 Å². The molecule has 42 heavy (non-hydrogen) atoms. The monoisotopic (exact) mass is 589 g/mol. The summed E-state index contributed by atoms with van der Waals surface area (Å²) in [7, 11) is -3.83. The van der Waals surface area contributed by atoms with Crippen LogP contribution in [0, 0.1) is 5.82 Å². The average Bonchev–Trinajstić information content (AvgIpc) is 3.49. The van der Waals surface area contributed by atoms with Crippen molar-refractivity contribution < 1.29 is 27.2 Å². The molecular weight excluding hydrogens is 561 g/mol. The zero-order valence-electron chi connectivity index (χ0n) is 22.4. The highest BCUT2D eigenvalue weighted by Gasteiger charge is 2.16. The summed E-state index contributed by atoms with van der Waals surface area (Å²) >= 11 is 0. The summed E-state index contributed by atoms with van der Waals surface area (Å²) in [6.45, 7) is 1.08. The van der Waals surface area contributed by atoms with Crippen molar-refractivity contribution >= 4 is 15.7 Å². The Balaban J connectivity index is 1.11. The summed E-state index contributed by atoms with van der Waals surface area (Å²) in [6.07, 6.45) is 3.38. The molecule has 0 spiro atoms.